The first kappa shape index (κ1) is 10.2. The third-order valence-corrected chi connectivity index (χ3v) is 3.68. The van der Waals surface area contributed by atoms with Crippen molar-refractivity contribution in [2.75, 3.05) is 0 Å². The van der Waals surface area contributed by atoms with Crippen LogP contribution in [-0.2, 0) is 6.42 Å². The van der Waals surface area contributed by atoms with Crippen molar-refractivity contribution in [2.45, 2.75) is 51.5 Å². The molecule has 1 aromatic heterocycles. The molecule has 3 rings (SSSR count). The predicted molar refractivity (Wildman–Crippen MR) is 63.0 cm³/mol. The van der Waals surface area contributed by atoms with Gasteiger partial charge >= 0.3 is 0 Å². The number of hydrogen-bond donors (Lipinski definition) is 1. The van der Waals surface area contributed by atoms with E-state index < -0.39 is 0 Å². The molecule has 1 atom stereocenters. The zero-order valence-corrected chi connectivity index (χ0v) is 10.0. The molecule has 0 saturated heterocycles. The first-order chi connectivity index (χ1) is 7.55. The van der Waals surface area contributed by atoms with Crippen LogP contribution in [0.3, 0.4) is 0 Å². The molecule has 0 aliphatic heterocycles. The summed E-state index contributed by atoms with van der Waals surface area (Å²) in [4.78, 5) is 9.19. The minimum atomic E-state index is 0.118. The maximum Gasteiger partial charge on any atom is 0.131 e. The summed E-state index contributed by atoms with van der Waals surface area (Å²) in [5.41, 5.74) is 8.83. The van der Waals surface area contributed by atoms with Gasteiger partial charge in [0.2, 0.25) is 0 Å². The summed E-state index contributed by atoms with van der Waals surface area (Å²) in [5, 5.41) is 0. The number of rotatable bonds is 1. The SMILES string of the molecule is CC1(C)Cc2nc(C3CC3)ncc2C(N)C1. The smallest absolute Gasteiger partial charge is 0.131 e. The minimum absolute atomic E-state index is 0.118. The van der Waals surface area contributed by atoms with E-state index in [0.29, 0.717) is 5.92 Å². The van der Waals surface area contributed by atoms with Crippen LogP contribution in [0, 0.1) is 5.41 Å². The van der Waals surface area contributed by atoms with E-state index >= 15 is 0 Å². The highest BCUT2D eigenvalue weighted by Gasteiger charge is 2.33. The zero-order chi connectivity index (χ0) is 11.3. The maximum absolute atomic E-state index is 6.18. The molecule has 0 radical (unpaired) electrons. The lowest BCUT2D eigenvalue weighted by Crippen LogP contribution is -2.31. The molecule has 3 heteroatoms. The summed E-state index contributed by atoms with van der Waals surface area (Å²) in [6, 6.07) is 0.118. The zero-order valence-electron chi connectivity index (χ0n) is 10.0. The summed E-state index contributed by atoms with van der Waals surface area (Å²) < 4.78 is 0. The lowest BCUT2D eigenvalue weighted by Gasteiger charge is -2.34. The Morgan fingerprint density at radius 2 is 2.12 bits per heavy atom. The van der Waals surface area contributed by atoms with Crippen LogP contribution in [0.1, 0.15) is 62.2 Å². The molecular weight excluding hydrogens is 198 g/mol. The van der Waals surface area contributed by atoms with Gasteiger partial charge in [0.1, 0.15) is 5.82 Å². The van der Waals surface area contributed by atoms with Crippen LogP contribution in [0.25, 0.3) is 0 Å². The molecule has 2 aliphatic rings. The highest BCUT2D eigenvalue weighted by molar-refractivity contribution is 5.27. The van der Waals surface area contributed by atoms with Gasteiger partial charge in [-0.1, -0.05) is 13.8 Å². The van der Waals surface area contributed by atoms with Gasteiger partial charge < -0.3 is 5.73 Å². The Labute approximate surface area is 96.5 Å². The Bertz CT molecular complexity index is 421. The van der Waals surface area contributed by atoms with Gasteiger partial charge in [0.25, 0.3) is 0 Å². The molecule has 0 bridgehead atoms. The van der Waals surface area contributed by atoms with Crippen molar-refractivity contribution in [1.82, 2.24) is 9.97 Å². The van der Waals surface area contributed by atoms with Crippen molar-refractivity contribution in [2.24, 2.45) is 11.1 Å². The van der Waals surface area contributed by atoms with Gasteiger partial charge in [-0.2, -0.15) is 0 Å². The van der Waals surface area contributed by atoms with Gasteiger partial charge in [0, 0.05) is 29.4 Å². The van der Waals surface area contributed by atoms with E-state index in [1.165, 1.54) is 24.1 Å². The Morgan fingerprint density at radius 1 is 1.38 bits per heavy atom. The van der Waals surface area contributed by atoms with Crippen LogP contribution in [0.4, 0.5) is 0 Å². The third-order valence-electron chi connectivity index (χ3n) is 3.68. The average Bonchev–Trinajstić information content (AvgIpc) is 2.97. The molecule has 1 fully saturated rings. The van der Waals surface area contributed by atoms with E-state index in [1.54, 1.807) is 0 Å². The maximum atomic E-state index is 6.18. The summed E-state index contributed by atoms with van der Waals surface area (Å²) in [6.07, 6.45) is 6.56. The fourth-order valence-corrected chi connectivity index (χ4v) is 2.66. The number of nitrogens with two attached hydrogens (primary N) is 1. The monoisotopic (exact) mass is 217 g/mol. The Kier molecular flexibility index (Phi) is 2.08. The van der Waals surface area contributed by atoms with Gasteiger partial charge in [0.05, 0.1) is 0 Å². The van der Waals surface area contributed by atoms with Crippen molar-refractivity contribution >= 4 is 0 Å². The van der Waals surface area contributed by atoms with Crippen molar-refractivity contribution in [3.63, 3.8) is 0 Å². The van der Waals surface area contributed by atoms with Gasteiger partial charge in [-0.05, 0) is 31.1 Å². The van der Waals surface area contributed by atoms with Crippen molar-refractivity contribution in [3.8, 4) is 0 Å². The molecule has 1 heterocycles. The molecule has 1 unspecified atom stereocenters. The van der Waals surface area contributed by atoms with Crippen LogP contribution in [0.15, 0.2) is 6.20 Å². The quantitative estimate of drug-likeness (QED) is 0.785. The van der Waals surface area contributed by atoms with Crippen molar-refractivity contribution in [1.29, 1.82) is 0 Å². The highest BCUT2D eigenvalue weighted by atomic mass is 14.9. The second-order valence-electron chi connectivity index (χ2n) is 6.06. The molecule has 86 valence electrons. The lowest BCUT2D eigenvalue weighted by atomic mass is 9.74. The van der Waals surface area contributed by atoms with E-state index in [-0.39, 0.29) is 11.5 Å². The highest BCUT2D eigenvalue weighted by Crippen LogP contribution is 2.41. The van der Waals surface area contributed by atoms with Crippen molar-refractivity contribution in [3.05, 3.63) is 23.3 Å². The van der Waals surface area contributed by atoms with Gasteiger partial charge in [-0.15, -0.1) is 0 Å². The fourth-order valence-electron chi connectivity index (χ4n) is 2.66. The van der Waals surface area contributed by atoms with Crippen LogP contribution in [0.2, 0.25) is 0 Å². The number of aromatic nitrogens is 2. The van der Waals surface area contributed by atoms with E-state index in [2.05, 4.69) is 18.8 Å². The second kappa shape index (κ2) is 3.27. The molecule has 2 aliphatic carbocycles. The van der Waals surface area contributed by atoms with Gasteiger partial charge in [-0.3, -0.25) is 0 Å². The molecule has 0 spiro atoms. The summed E-state index contributed by atoms with van der Waals surface area (Å²) in [7, 11) is 0. The molecule has 0 aromatic carbocycles. The first-order valence-electron chi connectivity index (χ1n) is 6.16. The van der Waals surface area contributed by atoms with Crippen LogP contribution < -0.4 is 5.73 Å². The number of fused-ring (bicyclic) bond motifs is 1. The molecule has 16 heavy (non-hydrogen) atoms. The normalized spacial score (nSPS) is 27.6. The summed E-state index contributed by atoms with van der Waals surface area (Å²) >= 11 is 0. The first-order valence-corrected chi connectivity index (χ1v) is 6.16. The van der Waals surface area contributed by atoms with Gasteiger partial charge in [-0.25, -0.2) is 9.97 Å². The Hall–Kier alpha value is -0.960. The molecule has 2 N–H and O–H groups in total. The van der Waals surface area contributed by atoms with Gasteiger partial charge in [0.15, 0.2) is 0 Å². The average molecular weight is 217 g/mol. The fraction of sp³-hybridized carbons (Fsp3) is 0.692. The largest absolute Gasteiger partial charge is 0.324 e. The Balaban J connectivity index is 2.00. The van der Waals surface area contributed by atoms with Crippen molar-refractivity contribution < 1.29 is 0 Å². The molecule has 1 aromatic rings. The second-order valence-corrected chi connectivity index (χ2v) is 6.06. The summed E-state index contributed by atoms with van der Waals surface area (Å²) in [5.74, 6) is 1.68. The topological polar surface area (TPSA) is 51.8 Å². The standard InChI is InChI=1S/C13H19N3/c1-13(2)5-10(14)9-7-15-12(8-3-4-8)16-11(9)6-13/h7-8,10H,3-6,14H2,1-2H3. The van der Waals surface area contributed by atoms with E-state index in [4.69, 9.17) is 10.7 Å². The van der Waals surface area contributed by atoms with Crippen LogP contribution in [0.5, 0.6) is 0 Å². The third kappa shape index (κ3) is 1.73. The lowest BCUT2D eigenvalue weighted by molar-refractivity contribution is 0.277. The van der Waals surface area contributed by atoms with E-state index in [0.717, 1.165) is 18.7 Å². The molecular formula is C13H19N3. The van der Waals surface area contributed by atoms with Crippen LogP contribution >= 0.6 is 0 Å². The number of hydrogen-bond acceptors (Lipinski definition) is 3. The van der Waals surface area contributed by atoms with Crippen LogP contribution in [-0.4, -0.2) is 9.97 Å². The predicted octanol–water partition coefficient (Wildman–Crippen LogP) is 2.33. The van der Waals surface area contributed by atoms with E-state index in [9.17, 15) is 0 Å². The van der Waals surface area contributed by atoms with E-state index in [1.807, 2.05) is 6.20 Å². The molecule has 0 amide bonds. The molecule has 3 nitrogen and oxygen atoms in total. The molecule has 1 saturated carbocycles. The minimum Gasteiger partial charge on any atom is -0.324 e. The summed E-state index contributed by atoms with van der Waals surface area (Å²) in [6.45, 7) is 4.55. The Morgan fingerprint density at radius 3 is 2.81 bits per heavy atom. The number of nitrogens with zero attached hydrogens (tertiary/aromatic N) is 2.